The normalized spacial score (nSPS) is 19.6. The Labute approximate surface area is 100 Å². The third-order valence-electron chi connectivity index (χ3n) is 2.88. The lowest BCUT2D eigenvalue weighted by molar-refractivity contribution is 0.127. The summed E-state index contributed by atoms with van der Waals surface area (Å²) in [5, 5.41) is 8.90. The summed E-state index contributed by atoms with van der Waals surface area (Å²) < 4.78 is 5.01. The van der Waals surface area contributed by atoms with E-state index in [4.69, 9.17) is 10.00 Å². The van der Waals surface area contributed by atoms with E-state index in [1.165, 1.54) is 0 Å². The van der Waals surface area contributed by atoms with E-state index >= 15 is 0 Å². The van der Waals surface area contributed by atoms with Crippen molar-refractivity contribution < 1.29 is 9.53 Å². The van der Waals surface area contributed by atoms with Gasteiger partial charge in [0, 0.05) is 6.54 Å². The topological polar surface area (TPSA) is 53.3 Å². The fourth-order valence-electron chi connectivity index (χ4n) is 1.95. The van der Waals surface area contributed by atoms with Crippen LogP contribution in [0.5, 0.6) is 0 Å². The van der Waals surface area contributed by atoms with Gasteiger partial charge in [-0.2, -0.15) is 5.26 Å². The van der Waals surface area contributed by atoms with E-state index in [-0.39, 0.29) is 18.6 Å². The summed E-state index contributed by atoms with van der Waals surface area (Å²) in [6.45, 7) is 2.64. The lowest BCUT2D eigenvalue weighted by atomic mass is 10.1. The zero-order valence-electron chi connectivity index (χ0n) is 9.72. The van der Waals surface area contributed by atoms with Crippen LogP contribution >= 0.6 is 0 Å². The molecule has 1 heterocycles. The molecule has 1 aromatic rings. The monoisotopic (exact) mass is 230 g/mol. The molecule has 4 nitrogen and oxygen atoms in total. The van der Waals surface area contributed by atoms with Gasteiger partial charge in [-0.15, -0.1) is 0 Å². The molecule has 1 saturated heterocycles. The third-order valence-corrected chi connectivity index (χ3v) is 2.88. The highest BCUT2D eigenvalue weighted by Crippen LogP contribution is 2.25. The molecular weight excluding hydrogens is 216 g/mol. The number of ether oxygens (including phenoxy) is 1. The lowest BCUT2D eigenvalue weighted by Gasteiger charge is -2.30. The fourth-order valence-corrected chi connectivity index (χ4v) is 1.95. The second-order valence-corrected chi connectivity index (χ2v) is 4.00. The van der Waals surface area contributed by atoms with E-state index in [0.717, 1.165) is 17.7 Å². The molecule has 1 atom stereocenters. The number of nitriles is 1. The van der Waals surface area contributed by atoms with E-state index in [0.29, 0.717) is 6.54 Å². The Morgan fingerprint density at radius 1 is 1.53 bits per heavy atom. The van der Waals surface area contributed by atoms with Crippen molar-refractivity contribution in [3.8, 4) is 6.07 Å². The first-order valence-electron chi connectivity index (χ1n) is 5.68. The van der Waals surface area contributed by atoms with Crippen molar-refractivity contribution in [2.45, 2.75) is 13.3 Å². The molecule has 1 unspecified atom stereocenters. The van der Waals surface area contributed by atoms with Crippen molar-refractivity contribution in [3.05, 3.63) is 29.8 Å². The highest BCUT2D eigenvalue weighted by molar-refractivity contribution is 5.89. The van der Waals surface area contributed by atoms with Crippen LogP contribution in [0.25, 0.3) is 0 Å². The number of para-hydroxylation sites is 1. The Morgan fingerprint density at radius 2 is 2.29 bits per heavy atom. The smallest absolute Gasteiger partial charge is 0.414 e. The highest BCUT2D eigenvalue weighted by atomic mass is 16.6. The van der Waals surface area contributed by atoms with Gasteiger partial charge in [0.25, 0.3) is 0 Å². The Balaban J connectivity index is 2.31. The Kier molecular flexibility index (Phi) is 3.29. The molecule has 0 N–H and O–H groups in total. The van der Waals surface area contributed by atoms with Crippen LogP contribution in [-0.2, 0) is 11.2 Å². The molecule has 0 saturated carbocycles. The number of rotatable bonds is 2. The van der Waals surface area contributed by atoms with Gasteiger partial charge in [0.05, 0.1) is 17.7 Å². The van der Waals surface area contributed by atoms with E-state index in [2.05, 4.69) is 6.07 Å². The number of carbonyl (C=O) groups excluding carboxylic acids is 1. The molecule has 0 aromatic heterocycles. The van der Waals surface area contributed by atoms with Crippen molar-refractivity contribution in [1.82, 2.24) is 0 Å². The average molecular weight is 230 g/mol. The molecule has 1 aliphatic rings. The van der Waals surface area contributed by atoms with Crippen LogP contribution in [0, 0.1) is 17.2 Å². The number of hydrogen-bond donors (Lipinski definition) is 0. The molecule has 1 aliphatic heterocycles. The minimum Gasteiger partial charge on any atom is -0.448 e. The van der Waals surface area contributed by atoms with Gasteiger partial charge in [-0.25, -0.2) is 4.79 Å². The van der Waals surface area contributed by atoms with Gasteiger partial charge >= 0.3 is 6.09 Å². The number of benzene rings is 1. The number of anilines is 1. The van der Waals surface area contributed by atoms with Crippen LogP contribution in [0.15, 0.2) is 24.3 Å². The van der Waals surface area contributed by atoms with Crippen molar-refractivity contribution in [2.24, 2.45) is 5.92 Å². The van der Waals surface area contributed by atoms with Gasteiger partial charge in [0.1, 0.15) is 6.61 Å². The van der Waals surface area contributed by atoms with Gasteiger partial charge < -0.3 is 4.74 Å². The fraction of sp³-hybridized carbons (Fsp3) is 0.385. The summed E-state index contributed by atoms with van der Waals surface area (Å²) >= 11 is 0. The summed E-state index contributed by atoms with van der Waals surface area (Å²) in [4.78, 5) is 13.3. The predicted molar refractivity (Wildman–Crippen MR) is 63.6 cm³/mol. The first-order chi connectivity index (χ1) is 8.26. The molecule has 0 bridgehead atoms. The maximum Gasteiger partial charge on any atom is 0.414 e. The zero-order valence-corrected chi connectivity index (χ0v) is 9.72. The molecule has 4 heteroatoms. The van der Waals surface area contributed by atoms with E-state index in [9.17, 15) is 4.79 Å². The predicted octanol–water partition coefficient (Wildman–Crippen LogP) is 2.35. The number of cyclic esters (lactones) is 1. The first-order valence-corrected chi connectivity index (χ1v) is 5.68. The maximum atomic E-state index is 11.7. The second kappa shape index (κ2) is 4.88. The molecule has 1 aromatic carbocycles. The summed E-state index contributed by atoms with van der Waals surface area (Å²) in [5.41, 5.74) is 1.93. The molecule has 0 radical (unpaired) electrons. The molecule has 17 heavy (non-hydrogen) atoms. The van der Waals surface area contributed by atoms with Gasteiger partial charge in [0.2, 0.25) is 0 Å². The average Bonchev–Trinajstić information content (AvgIpc) is 2.39. The molecule has 88 valence electrons. The minimum absolute atomic E-state index is 0.195. The third kappa shape index (κ3) is 2.23. The van der Waals surface area contributed by atoms with Gasteiger partial charge in [-0.1, -0.05) is 25.1 Å². The number of aryl methyl sites for hydroxylation is 1. The number of nitrogens with zero attached hydrogens (tertiary/aromatic N) is 2. The van der Waals surface area contributed by atoms with Crippen LogP contribution in [0.1, 0.15) is 12.5 Å². The minimum atomic E-state index is -0.364. The van der Waals surface area contributed by atoms with Crippen molar-refractivity contribution in [3.63, 3.8) is 0 Å². The van der Waals surface area contributed by atoms with E-state index < -0.39 is 0 Å². The highest BCUT2D eigenvalue weighted by Gasteiger charge is 2.29. The Bertz CT molecular complexity index is 465. The van der Waals surface area contributed by atoms with Crippen LogP contribution in [0.2, 0.25) is 0 Å². The second-order valence-electron chi connectivity index (χ2n) is 4.00. The molecule has 0 spiro atoms. The summed E-state index contributed by atoms with van der Waals surface area (Å²) in [5.74, 6) is -0.252. The van der Waals surface area contributed by atoms with Crippen molar-refractivity contribution in [1.29, 1.82) is 5.26 Å². The number of hydrogen-bond acceptors (Lipinski definition) is 3. The molecule has 2 rings (SSSR count). The van der Waals surface area contributed by atoms with Crippen LogP contribution < -0.4 is 4.90 Å². The van der Waals surface area contributed by atoms with Crippen molar-refractivity contribution in [2.75, 3.05) is 18.1 Å². The van der Waals surface area contributed by atoms with Crippen molar-refractivity contribution >= 4 is 11.8 Å². The van der Waals surface area contributed by atoms with Gasteiger partial charge in [0.15, 0.2) is 0 Å². The lowest BCUT2D eigenvalue weighted by Crippen LogP contribution is -2.43. The SMILES string of the molecule is CCc1ccccc1N1CC(C#N)COC1=O. The van der Waals surface area contributed by atoms with Crippen LogP contribution in [0.4, 0.5) is 10.5 Å². The summed E-state index contributed by atoms with van der Waals surface area (Å²) in [7, 11) is 0. The number of carbonyl (C=O) groups is 1. The zero-order chi connectivity index (χ0) is 12.3. The van der Waals surface area contributed by atoms with Gasteiger partial charge in [-0.3, -0.25) is 4.90 Å². The summed E-state index contributed by atoms with van der Waals surface area (Å²) in [6.07, 6.45) is 0.481. The van der Waals surface area contributed by atoms with E-state index in [1.807, 2.05) is 31.2 Å². The summed E-state index contributed by atoms with van der Waals surface area (Å²) in [6, 6.07) is 9.85. The van der Waals surface area contributed by atoms with Crippen LogP contribution in [-0.4, -0.2) is 19.2 Å². The largest absolute Gasteiger partial charge is 0.448 e. The molecule has 0 aliphatic carbocycles. The van der Waals surface area contributed by atoms with E-state index in [1.54, 1.807) is 4.90 Å². The standard InChI is InChI=1S/C13H14N2O2/c1-2-11-5-3-4-6-12(11)15-8-10(7-14)9-17-13(15)16/h3-6,10H,2,8-9H2,1H3. The maximum absolute atomic E-state index is 11.7. The Hall–Kier alpha value is -2.02. The quantitative estimate of drug-likeness (QED) is 0.783. The van der Waals surface area contributed by atoms with Crippen LogP contribution in [0.3, 0.4) is 0 Å². The Morgan fingerprint density at radius 3 is 3.00 bits per heavy atom. The molecule has 1 fully saturated rings. The van der Waals surface area contributed by atoms with Gasteiger partial charge in [-0.05, 0) is 18.1 Å². The molecular formula is C13H14N2O2. The molecule has 1 amide bonds. The first kappa shape index (κ1) is 11.5. The number of amides is 1.